The van der Waals surface area contributed by atoms with Crippen molar-refractivity contribution in [2.75, 3.05) is 4.90 Å². The van der Waals surface area contributed by atoms with Crippen molar-refractivity contribution in [3.8, 4) is 16.9 Å². The number of hydrogen-bond acceptors (Lipinski definition) is 3. The van der Waals surface area contributed by atoms with E-state index in [0.717, 1.165) is 44.8 Å². The number of aliphatic imine (C=N–C) groups is 1. The molecule has 5 heteroatoms. The van der Waals surface area contributed by atoms with Crippen molar-refractivity contribution in [1.82, 2.24) is 9.55 Å². The summed E-state index contributed by atoms with van der Waals surface area (Å²) in [5, 5.41) is 2.35. The van der Waals surface area contributed by atoms with Crippen LogP contribution in [-0.2, 0) is 26.5 Å². The van der Waals surface area contributed by atoms with E-state index in [0.29, 0.717) is 0 Å². The predicted molar refractivity (Wildman–Crippen MR) is 280 cm³/mol. The number of aryl methyl sites for hydroxylation is 1. The summed E-state index contributed by atoms with van der Waals surface area (Å²) in [6.07, 6.45) is 1.94. The van der Waals surface area contributed by atoms with Crippen molar-refractivity contribution in [2.24, 2.45) is 4.99 Å². The molecule has 2 aromatic heterocycles. The second kappa shape index (κ2) is 18.2. The minimum atomic E-state index is -0.580. The van der Waals surface area contributed by atoms with Gasteiger partial charge in [0.05, 0.1) is 16.9 Å². The van der Waals surface area contributed by atoms with Crippen LogP contribution in [0.5, 0.6) is 0 Å². The first-order valence-electron chi connectivity index (χ1n) is 24.0. The summed E-state index contributed by atoms with van der Waals surface area (Å²) in [4.78, 5) is 13.6. The maximum Gasteiger partial charge on any atom is 2.00 e. The van der Waals surface area contributed by atoms with Crippen LogP contribution < -0.4 is 4.90 Å². The molecular formula is C62H66N4Pt. The first-order chi connectivity index (χ1) is 31.4. The molecular weight excluding hydrogens is 996 g/mol. The number of aromatic nitrogens is 2. The monoisotopic (exact) mass is 1060 g/mol. The Morgan fingerprint density at radius 3 is 1.81 bits per heavy atom. The summed E-state index contributed by atoms with van der Waals surface area (Å²) in [6, 6.07) is 57.5. The summed E-state index contributed by atoms with van der Waals surface area (Å²) < 4.78 is 2.39. The molecule has 1 aliphatic heterocycles. The first kappa shape index (κ1) is 47.9. The molecule has 1 aliphatic rings. The van der Waals surface area contributed by atoms with Gasteiger partial charge in [0.25, 0.3) is 0 Å². The largest absolute Gasteiger partial charge is 2.00 e. The number of benzene rings is 6. The number of para-hydroxylation sites is 1. The fourth-order valence-electron chi connectivity index (χ4n) is 10.5. The van der Waals surface area contributed by atoms with Gasteiger partial charge in [-0.25, -0.2) is 0 Å². The molecule has 0 radical (unpaired) electrons. The van der Waals surface area contributed by atoms with E-state index < -0.39 is 11.1 Å². The second-order valence-corrected chi connectivity index (χ2v) is 21.4. The van der Waals surface area contributed by atoms with Gasteiger partial charge in [-0.3, -0.25) is 0 Å². The number of hydrogen-bond donors (Lipinski definition) is 0. The molecule has 0 spiro atoms. The third-order valence-electron chi connectivity index (χ3n) is 14.5. The Kier molecular flexibility index (Phi) is 13.0. The smallest absolute Gasteiger partial charge is 0.357 e. The van der Waals surface area contributed by atoms with Gasteiger partial charge in [-0.2, -0.15) is 0 Å². The Morgan fingerprint density at radius 1 is 0.597 bits per heavy atom. The zero-order valence-corrected chi connectivity index (χ0v) is 44.0. The van der Waals surface area contributed by atoms with Gasteiger partial charge < -0.3 is 19.4 Å². The van der Waals surface area contributed by atoms with Gasteiger partial charge in [-0.1, -0.05) is 170 Å². The topological polar surface area (TPSA) is 33.4 Å². The third-order valence-corrected chi connectivity index (χ3v) is 14.5. The summed E-state index contributed by atoms with van der Waals surface area (Å²) in [7, 11) is 0. The van der Waals surface area contributed by atoms with E-state index in [1.54, 1.807) is 0 Å². The van der Waals surface area contributed by atoms with Crippen molar-refractivity contribution < 1.29 is 21.1 Å². The summed E-state index contributed by atoms with van der Waals surface area (Å²) in [5.41, 5.74) is 15.0. The van der Waals surface area contributed by atoms with Crippen LogP contribution in [0, 0.1) is 19.1 Å². The molecule has 0 aliphatic carbocycles. The Bertz CT molecular complexity index is 3050. The second-order valence-electron chi connectivity index (χ2n) is 21.4. The Balaban J connectivity index is 0.00000608. The quantitative estimate of drug-likeness (QED) is 0.128. The van der Waals surface area contributed by atoms with Crippen molar-refractivity contribution in [2.45, 2.75) is 130 Å². The molecule has 8 aromatic rings. The van der Waals surface area contributed by atoms with Crippen LogP contribution in [0.15, 0.2) is 145 Å². The number of anilines is 1. The van der Waals surface area contributed by atoms with Crippen LogP contribution in [0.25, 0.3) is 38.8 Å². The van der Waals surface area contributed by atoms with E-state index in [2.05, 4.69) is 245 Å². The van der Waals surface area contributed by atoms with Crippen LogP contribution in [0.3, 0.4) is 0 Å². The zero-order valence-electron chi connectivity index (χ0n) is 41.7. The van der Waals surface area contributed by atoms with E-state index in [9.17, 15) is 0 Å². The molecule has 0 N–H and O–H groups in total. The fraction of sp³-hybridized carbons (Fsp3) is 0.323. The van der Waals surface area contributed by atoms with E-state index in [1.165, 1.54) is 50.0 Å². The van der Waals surface area contributed by atoms with Crippen LogP contribution in [-0.4, -0.2) is 26.5 Å². The van der Waals surface area contributed by atoms with Crippen LogP contribution in [0.1, 0.15) is 151 Å². The molecule has 4 nitrogen and oxygen atoms in total. The molecule has 344 valence electrons. The van der Waals surface area contributed by atoms with E-state index in [-0.39, 0.29) is 50.2 Å². The van der Waals surface area contributed by atoms with E-state index in [4.69, 9.17) is 9.98 Å². The Morgan fingerprint density at radius 2 is 1.22 bits per heavy atom. The molecule has 1 atom stereocenters. The standard InChI is InChI=1S/C62H66N4.Pt/c1-39(2)46-34-47(36-49(35-46)65-55-30-27-42(7)33-53(55)52-29-28-45(37-56(52)65)54-38-48(31-32-63-54)60(8,9)10)59-64-61(11,12)62(13,57(43-21-16-14-17-22-43)44-23-18-15-19-24-44)66(59)58-50(40(3)4)25-20-26-51(58)41(5)6;/h14-35,38-41,57H,1-13H3;/q-2;+2/t62-;/m0./s1. The Labute approximate surface area is 414 Å². The molecule has 0 unspecified atom stereocenters. The number of amidine groups is 1. The van der Waals surface area contributed by atoms with Crippen molar-refractivity contribution >= 4 is 33.3 Å². The van der Waals surface area contributed by atoms with Crippen LogP contribution >= 0.6 is 0 Å². The summed E-state index contributed by atoms with van der Waals surface area (Å²) in [6.45, 7) is 30.0. The number of fused-ring (bicyclic) bond motifs is 3. The average Bonchev–Trinajstić information content (AvgIpc) is 3.72. The molecule has 0 fully saturated rings. The molecule has 67 heavy (non-hydrogen) atoms. The summed E-state index contributed by atoms with van der Waals surface area (Å²) >= 11 is 0. The number of nitrogens with zero attached hydrogens (tertiary/aromatic N) is 4. The van der Waals surface area contributed by atoms with Crippen LogP contribution in [0.2, 0.25) is 0 Å². The third kappa shape index (κ3) is 8.43. The SMILES string of the molecule is Cc1ccc2c(c1)c1ccc(-c3cc(C(C)(C)C)ccn3)[c-]c1n2-c1[c-]c(C2=NC(C)(C)[C@](C)(C(c3ccccc3)c3ccccc3)N2c2c(C(C)C)cccc2C(C)C)cc(C(C)C)c1.[Pt+2]. The Hall–Kier alpha value is -5.57. The predicted octanol–water partition coefficient (Wildman–Crippen LogP) is 16.1. The molecule has 0 saturated carbocycles. The average molecular weight is 1060 g/mol. The maximum atomic E-state index is 6.00. The van der Waals surface area contributed by atoms with Gasteiger partial charge in [0.2, 0.25) is 0 Å². The molecule has 9 rings (SSSR count). The van der Waals surface area contributed by atoms with Crippen LogP contribution in [0.4, 0.5) is 5.69 Å². The van der Waals surface area contributed by atoms with Crippen molar-refractivity contribution in [3.05, 3.63) is 196 Å². The number of pyridine rings is 1. The van der Waals surface area contributed by atoms with Gasteiger partial charge in [-0.15, -0.1) is 53.1 Å². The van der Waals surface area contributed by atoms with Crippen molar-refractivity contribution in [1.29, 1.82) is 0 Å². The fourth-order valence-corrected chi connectivity index (χ4v) is 10.5. The molecule has 6 aromatic carbocycles. The molecule has 0 amide bonds. The first-order valence-corrected chi connectivity index (χ1v) is 24.0. The minimum Gasteiger partial charge on any atom is -0.357 e. The van der Waals surface area contributed by atoms with Crippen molar-refractivity contribution in [3.63, 3.8) is 0 Å². The summed E-state index contributed by atoms with van der Waals surface area (Å²) in [5.74, 6) is 1.68. The van der Waals surface area contributed by atoms with Gasteiger partial charge in [0.15, 0.2) is 0 Å². The van der Waals surface area contributed by atoms with Gasteiger partial charge in [0.1, 0.15) is 0 Å². The zero-order chi connectivity index (χ0) is 46.9. The molecule has 3 heterocycles. The molecule has 0 saturated heterocycles. The van der Waals surface area contributed by atoms with Gasteiger partial charge >= 0.3 is 21.1 Å². The minimum absolute atomic E-state index is 0. The molecule has 0 bridgehead atoms. The van der Waals surface area contributed by atoms with E-state index in [1.807, 2.05) is 6.20 Å². The maximum absolute atomic E-state index is 6.00. The normalized spacial score (nSPS) is 16.2. The van der Waals surface area contributed by atoms with E-state index >= 15 is 0 Å². The number of rotatable bonds is 10. The van der Waals surface area contributed by atoms with Gasteiger partial charge in [0, 0.05) is 23.3 Å². The van der Waals surface area contributed by atoms with Gasteiger partial charge in [-0.05, 0) is 113 Å².